The van der Waals surface area contributed by atoms with Gasteiger partial charge in [0.05, 0.1) is 23.2 Å². The SMILES string of the molecule is CC1CCCCN1c1ccc(-c2nc(Cc3ccc(C(=O)O)c(F)c3)no2)cc1NS(C)(=O)=O. The third kappa shape index (κ3) is 5.36. The molecule has 1 saturated heterocycles. The standard InChI is InChI=1S/C23H25FN4O5S/c1-14-5-3-4-10-28(14)20-9-7-16(13-19(20)27-34(2,31)32)22-25-21(26-33-22)12-15-6-8-17(23(29)30)18(24)11-15/h6-9,11,13-14,27H,3-5,10,12H2,1-2H3,(H,29,30). The third-order valence-corrected chi connectivity index (χ3v) is 6.34. The van der Waals surface area contributed by atoms with Crippen molar-refractivity contribution >= 4 is 27.4 Å². The van der Waals surface area contributed by atoms with E-state index >= 15 is 0 Å². The molecule has 0 saturated carbocycles. The first kappa shape index (κ1) is 23.7. The summed E-state index contributed by atoms with van der Waals surface area (Å²) >= 11 is 0. The molecule has 1 fully saturated rings. The molecule has 4 rings (SSSR count). The second kappa shape index (κ2) is 9.41. The Hall–Kier alpha value is -3.47. The summed E-state index contributed by atoms with van der Waals surface area (Å²) < 4.78 is 46.0. The first-order valence-electron chi connectivity index (χ1n) is 10.8. The molecule has 1 aliphatic rings. The van der Waals surface area contributed by atoms with Gasteiger partial charge >= 0.3 is 5.97 Å². The van der Waals surface area contributed by atoms with Gasteiger partial charge in [0.2, 0.25) is 10.0 Å². The number of carboxylic acid groups (broad SMARTS) is 1. The fourth-order valence-corrected chi connectivity index (χ4v) is 4.69. The van der Waals surface area contributed by atoms with E-state index in [9.17, 15) is 17.6 Å². The largest absolute Gasteiger partial charge is 0.478 e. The van der Waals surface area contributed by atoms with Crippen LogP contribution in [-0.4, -0.2) is 48.5 Å². The van der Waals surface area contributed by atoms with Crippen molar-refractivity contribution < 1.29 is 27.2 Å². The molecule has 2 N–H and O–H groups in total. The molecule has 0 radical (unpaired) electrons. The summed E-state index contributed by atoms with van der Waals surface area (Å²) in [7, 11) is -3.52. The smallest absolute Gasteiger partial charge is 0.338 e. The van der Waals surface area contributed by atoms with Crippen molar-refractivity contribution in [1.29, 1.82) is 0 Å². The summed E-state index contributed by atoms with van der Waals surface area (Å²) in [6, 6.07) is 9.39. The van der Waals surface area contributed by atoms with Gasteiger partial charge < -0.3 is 14.5 Å². The summed E-state index contributed by atoms with van der Waals surface area (Å²) in [6.45, 7) is 2.95. The van der Waals surface area contributed by atoms with E-state index in [4.69, 9.17) is 9.63 Å². The number of aromatic nitrogens is 2. The lowest BCUT2D eigenvalue weighted by Gasteiger charge is -2.36. The molecule has 3 aromatic rings. The zero-order chi connectivity index (χ0) is 24.5. The number of nitrogens with zero attached hydrogens (tertiary/aromatic N) is 3. The number of anilines is 2. The molecular weight excluding hydrogens is 463 g/mol. The maximum Gasteiger partial charge on any atom is 0.338 e. The van der Waals surface area contributed by atoms with Crippen LogP contribution in [0.3, 0.4) is 0 Å². The van der Waals surface area contributed by atoms with E-state index in [1.807, 2.05) is 6.07 Å². The Morgan fingerprint density at radius 1 is 1.26 bits per heavy atom. The molecule has 180 valence electrons. The maximum absolute atomic E-state index is 14.0. The van der Waals surface area contributed by atoms with Gasteiger partial charge in [0.15, 0.2) is 5.82 Å². The molecule has 34 heavy (non-hydrogen) atoms. The summed E-state index contributed by atoms with van der Waals surface area (Å²) in [5.74, 6) is -1.71. The van der Waals surface area contributed by atoms with E-state index in [2.05, 4.69) is 26.7 Å². The van der Waals surface area contributed by atoms with Crippen LogP contribution in [0.15, 0.2) is 40.9 Å². The number of hydrogen-bond acceptors (Lipinski definition) is 7. The van der Waals surface area contributed by atoms with Crippen LogP contribution >= 0.6 is 0 Å². The summed E-state index contributed by atoms with van der Waals surface area (Å²) in [6.07, 6.45) is 4.44. The summed E-state index contributed by atoms with van der Waals surface area (Å²) in [5, 5.41) is 12.9. The van der Waals surface area contributed by atoms with Crippen molar-refractivity contribution in [2.45, 2.75) is 38.6 Å². The molecule has 1 atom stereocenters. The van der Waals surface area contributed by atoms with Crippen LogP contribution in [0.2, 0.25) is 0 Å². The highest BCUT2D eigenvalue weighted by atomic mass is 32.2. The summed E-state index contributed by atoms with van der Waals surface area (Å²) in [5.41, 5.74) is 1.83. The number of benzene rings is 2. The highest BCUT2D eigenvalue weighted by molar-refractivity contribution is 7.92. The number of hydrogen-bond donors (Lipinski definition) is 2. The minimum Gasteiger partial charge on any atom is -0.478 e. The van der Waals surface area contributed by atoms with E-state index in [1.165, 1.54) is 12.1 Å². The molecule has 1 aliphatic heterocycles. The molecule has 0 amide bonds. The van der Waals surface area contributed by atoms with E-state index in [1.54, 1.807) is 12.1 Å². The van der Waals surface area contributed by atoms with Gasteiger partial charge in [-0.25, -0.2) is 17.6 Å². The zero-order valence-corrected chi connectivity index (χ0v) is 19.6. The van der Waals surface area contributed by atoms with E-state index in [-0.39, 0.29) is 24.2 Å². The second-order valence-electron chi connectivity index (χ2n) is 8.46. The Balaban J connectivity index is 1.61. The highest BCUT2D eigenvalue weighted by Gasteiger charge is 2.23. The van der Waals surface area contributed by atoms with Crippen molar-refractivity contribution in [3.63, 3.8) is 0 Å². The fraction of sp³-hybridized carbons (Fsp3) is 0.348. The third-order valence-electron chi connectivity index (χ3n) is 5.75. The normalized spacial score (nSPS) is 16.4. The van der Waals surface area contributed by atoms with Crippen LogP contribution in [0, 0.1) is 5.82 Å². The second-order valence-corrected chi connectivity index (χ2v) is 10.2. The van der Waals surface area contributed by atoms with Crippen molar-refractivity contribution in [2.75, 3.05) is 22.4 Å². The lowest BCUT2D eigenvalue weighted by Crippen LogP contribution is -2.38. The number of carbonyl (C=O) groups is 1. The Morgan fingerprint density at radius 3 is 2.74 bits per heavy atom. The van der Waals surface area contributed by atoms with Crippen LogP contribution in [0.25, 0.3) is 11.5 Å². The Labute approximate surface area is 196 Å². The van der Waals surface area contributed by atoms with Crippen molar-refractivity contribution in [3.05, 3.63) is 59.2 Å². The number of halogens is 1. The number of sulfonamides is 1. The number of rotatable bonds is 7. The quantitative estimate of drug-likeness (QED) is 0.513. The topological polar surface area (TPSA) is 126 Å². The van der Waals surface area contributed by atoms with E-state index in [0.29, 0.717) is 16.8 Å². The van der Waals surface area contributed by atoms with Crippen molar-refractivity contribution in [2.24, 2.45) is 0 Å². The molecular formula is C23H25FN4O5S. The average Bonchev–Trinajstić information content (AvgIpc) is 3.21. The van der Waals surface area contributed by atoms with E-state index in [0.717, 1.165) is 43.8 Å². The van der Waals surface area contributed by atoms with Gasteiger partial charge in [-0.15, -0.1) is 0 Å². The van der Waals surface area contributed by atoms with Gasteiger partial charge in [0.25, 0.3) is 5.89 Å². The lowest BCUT2D eigenvalue weighted by atomic mass is 10.0. The Kier molecular flexibility index (Phi) is 6.56. The van der Waals surface area contributed by atoms with Crippen LogP contribution < -0.4 is 9.62 Å². The molecule has 2 aromatic carbocycles. The molecule has 11 heteroatoms. The zero-order valence-electron chi connectivity index (χ0n) is 18.8. The first-order chi connectivity index (χ1) is 16.1. The van der Waals surface area contributed by atoms with Gasteiger partial charge in [0.1, 0.15) is 5.82 Å². The molecule has 1 aromatic heterocycles. The number of aromatic carboxylic acids is 1. The van der Waals surface area contributed by atoms with Gasteiger partial charge in [-0.05, 0) is 62.1 Å². The van der Waals surface area contributed by atoms with Crippen LogP contribution in [0.5, 0.6) is 0 Å². The number of nitrogens with one attached hydrogen (secondary N) is 1. The van der Waals surface area contributed by atoms with Crippen molar-refractivity contribution in [3.8, 4) is 11.5 Å². The Bertz CT molecular complexity index is 1320. The first-order valence-corrected chi connectivity index (χ1v) is 12.7. The average molecular weight is 489 g/mol. The predicted molar refractivity (Wildman–Crippen MR) is 125 cm³/mol. The van der Waals surface area contributed by atoms with E-state index < -0.39 is 27.4 Å². The Morgan fingerprint density at radius 2 is 2.06 bits per heavy atom. The number of carboxylic acids is 1. The van der Waals surface area contributed by atoms with Gasteiger partial charge in [0, 0.05) is 24.6 Å². The molecule has 2 heterocycles. The van der Waals surface area contributed by atoms with Gasteiger partial charge in [-0.1, -0.05) is 11.2 Å². The molecule has 0 aliphatic carbocycles. The van der Waals surface area contributed by atoms with Gasteiger partial charge in [-0.3, -0.25) is 4.72 Å². The predicted octanol–water partition coefficient (Wildman–Crippen LogP) is 3.92. The van der Waals surface area contributed by atoms with Gasteiger partial charge in [-0.2, -0.15) is 4.98 Å². The highest BCUT2D eigenvalue weighted by Crippen LogP contribution is 2.35. The number of piperidine rings is 1. The van der Waals surface area contributed by atoms with Crippen LogP contribution in [0.4, 0.5) is 15.8 Å². The van der Waals surface area contributed by atoms with Crippen molar-refractivity contribution in [1.82, 2.24) is 10.1 Å². The minimum atomic E-state index is -3.52. The monoisotopic (exact) mass is 488 g/mol. The minimum absolute atomic E-state index is 0.137. The summed E-state index contributed by atoms with van der Waals surface area (Å²) in [4.78, 5) is 17.5. The lowest BCUT2D eigenvalue weighted by molar-refractivity contribution is 0.0692. The molecule has 0 bridgehead atoms. The van der Waals surface area contributed by atoms with Crippen LogP contribution in [0.1, 0.15) is 47.9 Å². The molecule has 9 nitrogen and oxygen atoms in total. The molecule has 1 unspecified atom stereocenters. The molecule has 0 spiro atoms. The maximum atomic E-state index is 14.0. The van der Waals surface area contributed by atoms with Crippen LogP contribution in [-0.2, 0) is 16.4 Å². The fourth-order valence-electron chi connectivity index (χ4n) is 4.12.